The van der Waals surface area contributed by atoms with Crippen molar-refractivity contribution in [3.8, 4) is 0 Å². The average molecular weight is 153 g/mol. The number of carbonyl (C=O) groups excluding carboxylic acids is 1. The Hall–Kier alpha value is 0.252. The average Bonchev–Trinajstić information content (AvgIpc) is 1.36. The van der Waals surface area contributed by atoms with Crippen molar-refractivity contribution in [2.45, 2.75) is 13.0 Å². The molecule has 0 saturated carbocycles. The van der Waals surface area contributed by atoms with E-state index in [9.17, 15) is 9.90 Å². The molecule has 0 rings (SSSR count). The number of halogens is 1. The van der Waals surface area contributed by atoms with Gasteiger partial charge in [0.2, 0.25) is 0 Å². The number of carboxylic acids is 1. The Morgan fingerprint density at radius 3 is 1.88 bits per heavy atom. The zero-order valence-corrected chi connectivity index (χ0v) is 6.30. The molecule has 0 spiro atoms. The van der Waals surface area contributed by atoms with Crippen LogP contribution < -0.4 is 5.11 Å². The fourth-order valence-electron chi connectivity index (χ4n) is 0. The molecule has 0 aromatic heterocycles. The van der Waals surface area contributed by atoms with Crippen molar-refractivity contribution >= 4 is 35.7 Å². The van der Waals surface area contributed by atoms with Crippen LogP contribution in [0.15, 0.2) is 0 Å². The Morgan fingerprint density at radius 1 is 1.75 bits per heavy atom. The van der Waals surface area contributed by atoms with Crippen LogP contribution in [0.4, 0.5) is 0 Å². The van der Waals surface area contributed by atoms with Crippen LogP contribution in [0.2, 0.25) is 0 Å². The topological polar surface area (TPSA) is 60.4 Å². The molecule has 8 heavy (non-hydrogen) atoms. The molecule has 0 saturated heterocycles. The third kappa shape index (κ3) is 9.54. The summed E-state index contributed by atoms with van der Waals surface area (Å²) >= 11 is 0. The summed E-state index contributed by atoms with van der Waals surface area (Å²) in [6.07, 6.45) is -1.34. The molecule has 1 atom stereocenters. The number of hydrogen-bond acceptors (Lipinski definition) is 3. The zero-order valence-electron chi connectivity index (χ0n) is 4.33. The van der Waals surface area contributed by atoms with Gasteiger partial charge in [-0.1, -0.05) is 0 Å². The van der Waals surface area contributed by atoms with Crippen LogP contribution in [0.1, 0.15) is 6.92 Å². The zero-order chi connectivity index (χ0) is 5.15. The molecule has 0 aromatic rings. The summed E-state index contributed by atoms with van der Waals surface area (Å²) in [5.41, 5.74) is 0. The Morgan fingerprint density at radius 2 is 1.88 bits per heavy atom. The number of rotatable bonds is 1. The monoisotopic (exact) mass is 152 g/mol. The van der Waals surface area contributed by atoms with Crippen LogP contribution in [-0.4, -0.2) is 34.5 Å². The predicted octanol–water partition coefficient (Wildman–Crippen LogP) is -1.84. The van der Waals surface area contributed by atoms with E-state index in [4.69, 9.17) is 5.11 Å². The minimum absolute atomic E-state index is 0. The first-order valence-electron chi connectivity index (χ1n) is 1.53. The molecular formula is C3H6AlClO3+2. The first-order chi connectivity index (χ1) is 2.64. The SMILES string of the molecule is CC(O)C(=O)[O-].Cl.[Al+3]. The summed E-state index contributed by atoms with van der Waals surface area (Å²) in [5, 5.41) is 17.3. The van der Waals surface area contributed by atoms with Crippen molar-refractivity contribution in [2.75, 3.05) is 0 Å². The van der Waals surface area contributed by atoms with Gasteiger partial charge in [-0.3, -0.25) is 0 Å². The van der Waals surface area contributed by atoms with Crippen LogP contribution in [0.3, 0.4) is 0 Å². The van der Waals surface area contributed by atoms with Gasteiger partial charge in [-0.2, -0.15) is 0 Å². The molecule has 0 radical (unpaired) electrons. The molecule has 0 heterocycles. The van der Waals surface area contributed by atoms with E-state index in [0.717, 1.165) is 6.92 Å². The molecular weight excluding hydrogens is 146 g/mol. The van der Waals surface area contributed by atoms with Gasteiger partial charge in [-0.05, 0) is 6.92 Å². The minimum Gasteiger partial charge on any atom is -0.547 e. The summed E-state index contributed by atoms with van der Waals surface area (Å²) in [6.45, 7) is 1.13. The van der Waals surface area contributed by atoms with Crippen molar-refractivity contribution in [1.29, 1.82) is 0 Å². The minimum atomic E-state index is -1.44. The number of aliphatic carboxylic acids is 1. The van der Waals surface area contributed by atoms with E-state index in [-0.39, 0.29) is 29.8 Å². The normalized spacial score (nSPS) is 10.2. The van der Waals surface area contributed by atoms with Crippen molar-refractivity contribution in [1.82, 2.24) is 0 Å². The number of carbonyl (C=O) groups is 1. The van der Waals surface area contributed by atoms with E-state index < -0.39 is 12.1 Å². The van der Waals surface area contributed by atoms with Crippen molar-refractivity contribution in [3.05, 3.63) is 0 Å². The summed E-state index contributed by atoms with van der Waals surface area (Å²) < 4.78 is 0. The van der Waals surface area contributed by atoms with Gasteiger partial charge in [0.05, 0.1) is 12.1 Å². The maximum atomic E-state index is 9.34. The fourth-order valence-corrected chi connectivity index (χ4v) is 0. The van der Waals surface area contributed by atoms with Crippen LogP contribution in [0, 0.1) is 0 Å². The quantitative estimate of drug-likeness (QED) is 0.449. The van der Waals surface area contributed by atoms with Crippen molar-refractivity contribution < 1.29 is 15.0 Å². The van der Waals surface area contributed by atoms with Crippen LogP contribution in [0.5, 0.6) is 0 Å². The van der Waals surface area contributed by atoms with E-state index in [1.165, 1.54) is 0 Å². The van der Waals surface area contributed by atoms with Gasteiger partial charge >= 0.3 is 17.4 Å². The van der Waals surface area contributed by atoms with Gasteiger partial charge in [0.1, 0.15) is 0 Å². The molecule has 0 amide bonds. The molecule has 0 aliphatic carbocycles. The molecule has 0 bridgehead atoms. The third-order valence-electron chi connectivity index (χ3n) is 0.341. The molecule has 44 valence electrons. The second-order valence-corrected chi connectivity index (χ2v) is 0.995. The smallest absolute Gasteiger partial charge is 0.547 e. The summed E-state index contributed by atoms with van der Waals surface area (Å²) in [4.78, 5) is 9.34. The predicted molar refractivity (Wildman–Crippen MR) is 29.7 cm³/mol. The Bertz CT molecular complexity index is 65.5. The van der Waals surface area contributed by atoms with E-state index in [1.807, 2.05) is 0 Å². The largest absolute Gasteiger partial charge is 3.00 e. The number of carboxylic acid groups (broad SMARTS) is 1. The Kier molecular flexibility index (Phi) is 14.3. The summed E-state index contributed by atoms with van der Waals surface area (Å²) in [5.74, 6) is -1.44. The number of aliphatic hydroxyl groups is 1. The van der Waals surface area contributed by atoms with E-state index in [2.05, 4.69) is 0 Å². The molecule has 1 N–H and O–H groups in total. The van der Waals surface area contributed by atoms with Crippen LogP contribution in [0.25, 0.3) is 0 Å². The number of hydrogen-bond donors (Lipinski definition) is 1. The molecule has 3 nitrogen and oxygen atoms in total. The fraction of sp³-hybridized carbons (Fsp3) is 0.667. The van der Waals surface area contributed by atoms with E-state index in [1.54, 1.807) is 0 Å². The molecule has 0 aliphatic heterocycles. The Balaban J connectivity index is -0.000000125. The summed E-state index contributed by atoms with van der Waals surface area (Å²) in [7, 11) is 0. The van der Waals surface area contributed by atoms with Gasteiger partial charge < -0.3 is 15.0 Å². The van der Waals surface area contributed by atoms with Gasteiger partial charge in [0.25, 0.3) is 0 Å². The van der Waals surface area contributed by atoms with Gasteiger partial charge in [0, 0.05) is 0 Å². The second-order valence-electron chi connectivity index (χ2n) is 0.995. The molecule has 5 heteroatoms. The van der Waals surface area contributed by atoms with Crippen LogP contribution in [-0.2, 0) is 4.79 Å². The van der Waals surface area contributed by atoms with Crippen molar-refractivity contribution in [2.24, 2.45) is 0 Å². The molecule has 0 aromatic carbocycles. The molecule has 1 unspecified atom stereocenters. The Labute approximate surface area is 64.2 Å². The first kappa shape index (κ1) is 15.7. The van der Waals surface area contributed by atoms with E-state index >= 15 is 0 Å². The maximum Gasteiger partial charge on any atom is 3.00 e. The first-order valence-corrected chi connectivity index (χ1v) is 1.53. The maximum absolute atomic E-state index is 9.34. The van der Waals surface area contributed by atoms with E-state index in [0.29, 0.717) is 0 Å². The standard InChI is InChI=1S/C3H6O3.Al.ClH/c1-2(4)3(5)6;;/h2,4H,1H3,(H,5,6);;1H/q;+3;/p-1. The van der Waals surface area contributed by atoms with Gasteiger partial charge in [-0.25, -0.2) is 0 Å². The number of aliphatic hydroxyl groups excluding tert-OH is 1. The van der Waals surface area contributed by atoms with Crippen LogP contribution >= 0.6 is 12.4 Å². The third-order valence-corrected chi connectivity index (χ3v) is 0.341. The van der Waals surface area contributed by atoms with Gasteiger partial charge in [-0.15, -0.1) is 12.4 Å². The summed E-state index contributed by atoms with van der Waals surface area (Å²) in [6, 6.07) is 0. The second kappa shape index (κ2) is 7.25. The molecule has 0 fully saturated rings. The van der Waals surface area contributed by atoms with Crippen molar-refractivity contribution in [3.63, 3.8) is 0 Å². The van der Waals surface area contributed by atoms with Gasteiger partial charge in [0.15, 0.2) is 0 Å². The molecule has 0 aliphatic rings.